The van der Waals surface area contributed by atoms with Crippen LogP contribution < -0.4 is 9.80 Å². The van der Waals surface area contributed by atoms with E-state index in [2.05, 4.69) is 46.9 Å². The van der Waals surface area contributed by atoms with Gasteiger partial charge in [-0.05, 0) is 69.8 Å². The molecule has 0 spiro atoms. The lowest BCUT2D eigenvalue weighted by Gasteiger charge is -2.29. The predicted molar refractivity (Wildman–Crippen MR) is 229 cm³/mol. The molecule has 5 aromatic rings. The third-order valence-electron chi connectivity index (χ3n) is 9.59. The lowest BCUT2D eigenvalue weighted by atomic mass is 9.76. The van der Waals surface area contributed by atoms with Crippen molar-refractivity contribution >= 4 is 62.4 Å². The molecule has 2 amide bonds. The summed E-state index contributed by atoms with van der Waals surface area (Å²) in [4.78, 5) is 29.0. The van der Waals surface area contributed by atoms with Gasteiger partial charge in [0.05, 0.1) is 16.4 Å². The Morgan fingerprint density at radius 1 is 0.796 bits per heavy atom. The summed E-state index contributed by atoms with van der Waals surface area (Å²) in [6, 6.07) is 31.3. The first kappa shape index (κ1) is 39.4. The summed E-state index contributed by atoms with van der Waals surface area (Å²) in [7, 11) is 0. The Balaban J connectivity index is 0.00000133. The molecule has 5 aromatic carbocycles. The average Bonchev–Trinajstić information content (AvgIpc) is 3.57. The second kappa shape index (κ2) is 17.4. The SMILES string of the molecule is C=CCC(C)(C)C(=C)c1ccccc1-c1ccccc1N(C(=O)O)/C(C)=C/C=C/C=C1/Sc2c(c3ccccc3c3ccccc23)N1C(=O)O.CCCC. The number of hydrogen-bond acceptors (Lipinski definition) is 3. The Kier molecular flexibility index (Phi) is 12.7. The maximum Gasteiger partial charge on any atom is 0.416 e. The number of rotatable bonds is 10. The van der Waals surface area contributed by atoms with Crippen LogP contribution in [0.4, 0.5) is 21.0 Å². The molecule has 0 saturated heterocycles. The number of amides is 2. The molecule has 1 aliphatic rings. The number of anilines is 2. The Labute approximate surface area is 323 Å². The van der Waals surface area contributed by atoms with Crippen molar-refractivity contribution in [2.75, 3.05) is 9.80 Å². The second-order valence-electron chi connectivity index (χ2n) is 13.7. The number of nitrogens with zero attached hydrogens (tertiary/aromatic N) is 2. The maximum atomic E-state index is 12.8. The van der Waals surface area contributed by atoms with E-state index >= 15 is 0 Å². The number of thioether (sulfide) groups is 1. The summed E-state index contributed by atoms with van der Waals surface area (Å²) < 4.78 is 0. The van der Waals surface area contributed by atoms with Crippen molar-refractivity contribution in [2.24, 2.45) is 5.41 Å². The van der Waals surface area contributed by atoms with Crippen molar-refractivity contribution in [1.82, 2.24) is 0 Å². The van der Waals surface area contributed by atoms with Gasteiger partial charge >= 0.3 is 12.2 Å². The van der Waals surface area contributed by atoms with Crippen LogP contribution in [0.3, 0.4) is 0 Å². The minimum Gasteiger partial charge on any atom is -0.464 e. The van der Waals surface area contributed by atoms with Gasteiger partial charge in [0, 0.05) is 21.5 Å². The van der Waals surface area contributed by atoms with Crippen molar-refractivity contribution in [2.45, 2.75) is 58.8 Å². The number of allylic oxidation sites excluding steroid dienone is 7. The highest BCUT2D eigenvalue weighted by Crippen LogP contribution is 2.53. The fourth-order valence-corrected chi connectivity index (χ4v) is 7.75. The van der Waals surface area contributed by atoms with Crippen LogP contribution in [0, 0.1) is 5.41 Å². The highest BCUT2D eigenvalue weighted by molar-refractivity contribution is 8.04. The van der Waals surface area contributed by atoms with Crippen molar-refractivity contribution in [1.29, 1.82) is 0 Å². The van der Waals surface area contributed by atoms with Gasteiger partial charge in [-0.25, -0.2) is 14.5 Å². The third-order valence-corrected chi connectivity index (χ3v) is 10.7. The highest BCUT2D eigenvalue weighted by atomic mass is 32.2. The van der Waals surface area contributed by atoms with Crippen LogP contribution in [0.5, 0.6) is 0 Å². The van der Waals surface area contributed by atoms with Crippen molar-refractivity contribution < 1.29 is 19.8 Å². The van der Waals surface area contributed by atoms with E-state index in [0.717, 1.165) is 55.1 Å². The van der Waals surface area contributed by atoms with Gasteiger partial charge in [-0.15, -0.1) is 6.58 Å². The van der Waals surface area contributed by atoms with Gasteiger partial charge in [-0.3, -0.25) is 4.90 Å². The molecule has 0 radical (unpaired) electrons. The fraction of sp³-hybridized carbons (Fsp3) is 0.191. The van der Waals surface area contributed by atoms with Crippen LogP contribution in [0.15, 0.2) is 156 Å². The van der Waals surface area contributed by atoms with E-state index in [0.29, 0.717) is 22.1 Å². The molecule has 0 saturated carbocycles. The molecule has 0 aromatic heterocycles. The Bertz CT molecular complexity index is 2310. The van der Waals surface area contributed by atoms with Crippen LogP contribution >= 0.6 is 11.8 Å². The lowest BCUT2D eigenvalue weighted by Crippen LogP contribution is -2.27. The molecule has 2 N–H and O–H groups in total. The summed E-state index contributed by atoms with van der Waals surface area (Å²) in [5.74, 6) is 0. The summed E-state index contributed by atoms with van der Waals surface area (Å²) in [6.45, 7) is 18.7. The number of carbonyl (C=O) groups is 2. The zero-order valence-electron chi connectivity index (χ0n) is 31.7. The molecule has 7 heteroatoms. The van der Waals surface area contributed by atoms with Crippen molar-refractivity contribution in [3.05, 3.63) is 157 Å². The van der Waals surface area contributed by atoms with Crippen molar-refractivity contribution in [3.63, 3.8) is 0 Å². The summed E-state index contributed by atoms with van der Waals surface area (Å²) in [5, 5.41) is 25.3. The molecule has 0 aliphatic carbocycles. The number of hydrogen-bond donors (Lipinski definition) is 2. The third kappa shape index (κ3) is 8.07. The number of benzene rings is 5. The van der Waals surface area contributed by atoms with Crippen LogP contribution in [0.2, 0.25) is 0 Å². The molecular weight excluding hydrogens is 689 g/mol. The van der Waals surface area contributed by atoms with E-state index in [1.165, 1.54) is 34.4 Å². The Morgan fingerprint density at radius 3 is 1.96 bits per heavy atom. The molecule has 1 aliphatic heterocycles. The largest absolute Gasteiger partial charge is 0.464 e. The number of fused-ring (bicyclic) bond motifs is 6. The number of para-hydroxylation sites is 1. The van der Waals surface area contributed by atoms with Gasteiger partial charge < -0.3 is 10.2 Å². The van der Waals surface area contributed by atoms with Crippen LogP contribution in [0.25, 0.3) is 38.2 Å². The standard InChI is InChI=1S/C43H38N2O4S.C4H10/c1-6-27-43(4,5)29(3)30-18-8-9-19-31(30)34-22-14-15-25-37(34)44(41(46)47)28(2)17-7-16-26-38-45(42(48)49)39-35-23-12-10-20-32(35)33-21-11-13-24-36(33)40(39)50-38;1-3-4-2/h6-26H,1,3,27H2,2,4-5H3,(H,46,47)(H,48,49);3-4H2,1-2H3/b16-7+,28-17+,38-26+;. The van der Waals surface area contributed by atoms with E-state index in [9.17, 15) is 19.8 Å². The second-order valence-corrected chi connectivity index (χ2v) is 14.8. The van der Waals surface area contributed by atoms with Gasteiger partial charge in [0.15, 0.2) is 0 Å². The average molecular weight is 737 g/mol. The monoisotopic (exact) mass is 736 g/mol. The van der Waals surface area contributed by atoms with Gasteiger partial charge in [0.2, 0.25) is 0 Å². The molecule has 54 heavy (non-hydrogen) atoms. The van der Waals surface area contributed by atoms with E-state index in [1.807, 2.05) is 91.0 Å². The van der Waals surface area contributed by atoms with E-state index in [1.54, 1.807) is 37.3 Å². The van der Waals surface area contributed by atoms with E-state index in [-0.39, 0.29) is 5.41 Å². The van der Waals surface area contributed by atoms with Crippen molar-refractivity contribution in [3.8, 4) is 11.1 Å². The van der Waals surface area contributed by atoms with E-state index < -0.39 is 12.2 Å². The van der Waals surface area contributed by atoms with Crippen LogP contribution in [0.1, 0.15) is 59.4 Å². The summed E-state index contributed by atoms with van der Waals surface area (Å²) in [6.07, 6.45) is 10.0. The van der Waals surface area contributed by atoms with Gasteiger partial charge in [-0.1, -0.05) is 168 Å². The molecule has 276 valence electrons. The molecule has 1 heterocycles. The molecule has 0 unspecified atom stereocenters. The normalized spacial score (nSPS) is 13.5. The minimum absolute atomic E-state index is 0.246. The Morgan fingerprint density at radius 2 is 1.35 bits per heavy atom. The van der Waals surface area contributed by atoms with Crippen LogP contribution in [-0.2, 0) is 0 Å². The molecule has 6 rings (SSSR count). The summed E-state index contributed by atoms with van der Waals surface area (Å²) in [5.41, 5.74) is 4.92. The molecular formula is C47H48N2O4S. The molecule has 0 atom stereocenters. The first-order chi connectivity index (χ1) is 26.0. The van der Waals surface area contributed by atoms with E-state index in [4.69, 9.17) is 0 Å². The zero-order chi connectivity index (χ0) is 39.0. The predicted octanol–water partition coefficient (Wildman–Crippen LogP) is 14.2. The van der Waals surface area contributed by atoms with Gasteiger partial charge in [0.1, 0.15) is 0 Å². The van der Waals surface area contributed by atoms with Crippen LogP contribution in [-0.4, -0.2) is 22.4 Å². The first-order valence-electron chi connectivity index (χ1n) is 18.2. The number of unbranched alkanes of at least 4 members (excludes halogenated alkanes) is 1. The molecule has 6 nitrogen and oxygen atoms in total. The number of carboxylic acid groups (broad SMARTS) is 2. The topological polar surface area (TPSA) is 81.1 Å². The fourth-order valence-electron chi connectivity index (χ4n) is 6.55. The smallest absolute Gasteiger partial charge is 0.416 e. The van der Waals surface area contributed by atoms with Gasteiger partial charge in [0.25, 0.3) is 0 Å². The first-order valence-corrected chi connectivity index (χ1v) is 19.0. The molecule has 0 bridgehead atoms. The quantitative estimate of drug-likeness (QED) is 0.0847. The summed E-state index contributed by atoms with van der Waals surface area (Å²) >= 11 is 1.41. The zero-order valence-corrected chi connectivity index (χ0v) is 32.5. The lowest BCUT2D eigenvalue weighted by molar-refractivity contribution is 0.203. The highest BCUT2D eigenvalue weighted by Gasteiger charge is 2.34. The minimum atomic E-state index is -1.13. The maximum absolute atomic E-state index is 12.8. The van der Waals surface area contributed by atoms with Gasteiger partial charge in [-0.2, -0.15) is 0 Å². The molecule has 0 fully saturated rings. The Hall–Kier alpha value is -5.79.